The summed E-state index contributed by atoms with van der Waals surface area (Å²) in [6.45, 7) is 2.94. The quantitative estimate of drug-likeness (QED) is 0.731. The Bertz CT molecular complexity index is 485. The molecule has 0 heterocycles. The summed E-state index contributed by atoms with van der Waals surface area (Å²) in [4.78, 5) is 0. The highest BCUT2D eigenvalue weighted by Crippen LogP contribution is 2.55. The van der Waals surface area contributed by atoms with Crippen LogP contribution in [0.4, 0.5) is 5.69 Å². The number of ether oxygens (including phenoxy) is 1. The van der Waals surface area contributed by atoms with Gasteiger partial charge in [-0.3, -0.25) is 0 Å². The van der Waals surface area contributed by atoms with E-state index >= 15 is 0 Å². The average molecular weight is 403 g/mol. The first-order valence-corrected chi connectivity index (χ1v) is 9.07. The lowest BCUT2D eigenvalue weighted by Crippen LogP contribution is -2.60. The van der Waals surface area contributed by atoms with Crippen molar-refractivity contribution in [1.82, 2.24) is 0 Å². The Labute approximate surface area is 137 Å². The monoisotopic (exact) mass is 401 g/mol. The van der Waals surface area contributed by atoms with Crippen molar-refractivity contribution in [2.24, 2.45) is 5.41 Å². The second-order valence-corrected chi connectivity index (χ2v) is 7.71. The molecule has 2 aliphatic carbocycles. The second kappa shape index (κ2) is 5.98. The van der Waals surface area contributed by atoms with Crippen LogP contribution in [-0.2, 0) is 4.74 Å². The van der Waals surface area contributed by atoms with E-state index in [9.17, 15) is 0 Å². The van der Waals surface area contributed by atoms with E-state index < -0.39 is 0 Å². The predicted octanol–water partition coefficient (Wildman–Crippen LogP) is 5.36. The Balaban J connectivity index is 1.76. The molecule has 0 aromatic heterocycles. The van der Waals surface area contributed by atoms with Crippen LogP contribution in [0.5, 0.6) is 0 Å². The predicted molar refractivity (Wildman–Crippen MR) is 90.2 cm³/mol. The average Bonchev–Trinajstić information content (AvgIpc) is 2.94. The SMILES string of the molecule is CCOC1CC(Nc2cc(Br)ccc2Br)C12CCCC2. The van der Waals surface area contributed by atoms with E-state index in [0.717, 1.165) is 22.0 Å². The molecular weight excluding hydrogens is 382 g/mol. The molecule has 0 bridgehead atoms. The molecule has 1 spiro atoms. The molecule has 2 atom stereocenters. The molecule has 110 valence electrons. The summed E-state index contributed by atoms with van der Waals surface area (Å²) in [5.41, 5.74) is 1.56. The summed E-state index contributed by atoms with van der Waals surface area (Å²) in [6, 6.07) is 6.85. The van der Waals surface area contributed by atoms with E-state index in [1.165, 1.54) is 31.4 Å². The van der Waals surface area contributed by atoms with Gasteiger partial charge in [0.1, 0.15) is 0 Å². The number of anilines is 1. The molecule has 2 unspecified atom stereocenters. The van der Waals surface area contributed by atoms with Gasteiger partial charge in [0.05, 0.1) is 6.10 Å². The molecule has 2 fully saturated rings. The first-order chi connectivity index (χ1) is 9.65. The van der Waals surface area contributed by atoms with Crippen LogP contribution < -0.4 is 5.32 Å². The van der Waals surface area contributed by atoms with Gasteiger partial charge in [-0.15, -0.1) is 0 Å². The smallest absolute Gasteiger partial charge is 0.0670 e. The Hall–Kier alpha value is -0.0600. The van der Waals surface area contributed by atoms with E-state index in [1.54, 1.807) is 0 Å². The van der Waals surface area contributed by atoms with Crippen molar-refractivity contribution in [2.75, 3.05) is 11.9 Å². The molecule has 0 radical (unpaired) electrons. The molecular formula is C16H21Br2NO. The lowest BCUT2D eigenvalue weighted by Gasteiger charge is -2.54. The van der Waals surface area contributed by atoms with Crippen molar-refractivity contribution >= 4 is 37.5 Å². The number of halogens is 2. The minimum atomic E-state index is 0.373. The summed E-state index contributed by atoms with van der Waals surface area (Å²) in [7, 11) is 0. The van der Waals surface area contributed by atoms with Crippen molar-refractivity contribution in [3.63, 3.8) is 0 Å². The Morgan fingerprint density at radius 3 is 2.75 bits per heavy atom. The molecule has 2 saturated carbocycles. The molecule has 0 amide bonds. The summed E-state index contributed by atoms with van der Waals surface area (Å²) >= 11 is 7.19. The number of hydrogen-bond donors (Lipinski definition) is 1. The van der Waals surface area contributed by atoms with Gasteiger partial charge in [-0.1, -0.05) is 28.8 Å². The van der Waals surface area contributed by atoms with Crippen LogP contribution in [0, 0.1) is 5.41 Å². The standard InChI is InChI=1S/C16H21Br2NO/c1-2-20-15-10-14(16(15)7-3-4-8-16)19-13-9-11(17)5-6-12(13)18/h5-6,9,14-15,19H,2-4,7-8,10H2,1H3. The van der Waals surface area contributed by atoms with Crippen molar-refractivity contribution in [3.05, 3.63) is 27.1 Å². The first-order valence-electron chi connectivity index (χ1n) is 7.49. The van der Waals surface area contributed by atoms with Crippen LogP contribution in [0.25, 0.3) is 0 Å². The van der Waals surface area contributed by atoms with Crippen molar-refractivity contribution in [1.29, 1.82) is 0 Å². The Morgan fingerprint density at radius 1 is 1.30 bits per heavy atom. The van der Waals surface area contributed by atoms with Crippen LogP contribution in [-0.4, -0.2) is 18.8 Å². The number of rotatable bonds is 4. The van der Waals surface area contributed by atoms with Gasteiger partial charge in [-0.25, -0.2) is 0 Å². The van der Waals surface area contributed by atoms with Crippen molar-refractivity contribution < 1.29 is 4.74 Å². The van der Waals surface area contributed by atoms with Crippen molar-refractivity contribution in [3.8, 4) is 0 Å². The van der Waals surface area contributed by atoms with Gasteiger partial charge < -0.3 is 10.1 Å². The number of benzene rings is 1. The fraction of sp³-hybridized carbons (Fsp3) is 0.625. The fourth-order valence-electron chi connectivity index (χ4n) is 3.88. The summed E-state index contributed by atoms with van der Waals surface area (Å²) in [5, 5.41) is 3.75. The Kier molecular flexibility index (Phi) is 4.44. The topological polar surface area (TPSA) is 21.3 Å². The maximum absolute atomic E-state index is 5.98. The summed E-state index contributed by atoms with van der Waals surface area (Å²) < 4.78 is 8.22. The zero-order valence-electron chi connectivity index (χ0n) is 11.8. The lowest BCUT2D eigenvalue weighted by molar-refractivity contribution is -0.114. The van der Waals surface area contributed by atoms with Crippen LogP contribution in [0.15, 0.2) is 27.1 Å². The van der Waals surface area contributed by atoms with E-state index in [2.05, 4.69) is 62.3 Å². The van der Waals surface area contributed by atoms with Crippen LogP contribution in [0.1, 0.15) is 39.0 Å². The maximum Gasteiger partial charge on any atom is 0.0670 e. The molecule has 20 heavy (non-hydrogen) atoms. The third-order valence-corrected chi connectivity index (χ3v) is 6.13. The van der Waals surface area contributed by atoms with Crippen LogP contribution in [0.2, 0.25) is 0 Å². The van der Waals surface area contributed by atoms with E-state index in [1.807, 2.05) is 0 Å². The van der Waals surface area contributed by atoms with Gasteiger partial charge >= 0.3 is 0 Å². The van der Waals surface area contributed by atoms with Gasteiger partial charge in [0.15, 0.2) is 0 Å². The summed E-state index contributed by atoms with van der Waals surface area (Å²) in [6.07, 6.45) is 6.90. The van der Waals surface area contributed by atoms with Gasteiger partial charge in [0.25, 0.3) is 0 Å². The zero-order chi connectivity index (χ0) is 14.2. The minimum Gasteiger partial charge on any atom is -0.381 e. The summed E-state index contributed by atoms with van der Waals surface area (Å²) in [5.74, 6) is 0. The molecule has 2 aliphatic rings. The zero-order valence-corrected chi connectivity index (χ0v) is 15.0. The number of nitrogens with one attached hydrogen (secondary N) is 1. The van der Waals surface area contributed by atoms with Gasteiger partial charge in [0.2, 0.25) is 0 Å². The minimum absolute atomic E-state index is 0.373. The normalized spacial score (nSPS) is 27.6. The molecule has 2 nitrogen and oxygen atoms in total. The molecule has 4 heteroatoms. The van der Waals surface area contributed by atoms with E-state index in [4.69, 9.17) is 4.74 Å². The Morgan fingerprint density at radius 2 is 2.05 bits per heavy atom. The molecule has 1 N–H and O–H groups in total. The molecule has 1 aromatic carbocycles. The highest BCUT2D eigenvalue weighted by Gasteiger charge is 2.56. The van der Waals surface area contributed by atoms with Gasteiger partial charge in [-0.05, 0) is 60.3 Å². The van der Waals surface area contributed by atoms with E-state index in [-0.39, 0.29) is 0 Å². The molecule has 0 aliphatic heterocycles. The highest BCUT2D eigenvalue weighted by molar-refractivity contribution is 9.11. The first kappa shape index (κ1) is 14.9. The van der Waals surface area contributed by atoms with Crippen molar-refractivity contribution in [2.45, 2.75) is 51.2 Å². The maximum atomic E-state index is 5.98. The van der Waals surface area contributed by atoms with Crippen LogP contribution >= 0.6 is 31.9 Å². The third kappa shape index (κ3) is 2.55. The fourth-order valence-corrected chi connectivity index (χ4v) is 4.61. The molecule has 0 saturated heterocycles. The lowest BCUT2D eigenvalue weighted by atomic mass is 9.60. The highest BCUT2D eigenvalue weighted by atomic mass is 79.9. The van der Waals surface area contributed by atoms with Gasteiger partial charge in [-0.2, -0.15) is 0 Å². The molecule has 3 rings (SSSR count). The third-order valence-electron chi connectivity index (χ3n) is 4.95. The van der Waals surface area contributed by atoms with E-state index in [0.29, 0.717) is 17.6 Å². The number of hydrogen-bond acceptors (Lipinski definition) is 2. The van der Waals surface area contributed by atoms with Crippen LogP contribution in [0.3, 0.4) is 0 Å². The van der Waals surface area contributed by atoms with Gasteiger partial charge in [0, 0.05) is 32.7 Å². The largest absolute Gasteiger partial charge is 0.381 e. The molecule has 1 aromatic rings. The second-order valence-electron chi connectivity index (χ2n) is 5.94.